The van der Waals surface area contributed by atoms with E-state index in [1.54, 1.807) is 0 Å². The summed E-state index contributed by atoms with van der Waals surface area (Å²) in [5, 5.41) is 9.52. The second-order valence-corrected chi connectivity index (χ2v) is 3.21. The molecule has 3 N–H and O–H groups in total. The fourth-order valence-corrected chi connectivity index (χ4v) is 1.34. The lowest BCUT2D eigenvalue weighted by atomic mass is 9.82. The predicted molar refractivity (Wildman–Crippen MR) is 37.1 cm³/mol. The van der Waals surface area contributed by atoms with Crippen molar-refractivity contribution < 1.29 is 5.11 Å². The molecule has 0 aromatic heterocycles. The van der Waals surface area contributed by atoms with E-state index in [9.17, 15) is 5.11 Å². The van der Waals surface area contributed by atoms with Gasteiger partial charge in [-0.2, -0.15) is 0 Å². The summed E-state index contributed by atoms with van der Waals surface area (Å²) in [6.07, 6.45) is 4.15. The van der Waals surface area contributed by atoms with Gasteiger partial charge in [-0.3, -0.25) is 0 Å². The molecule has 2 nitrogen and oxygen atoms in total. The Labute approximate surface area is 56.1 Å². The minimum atomic E-state index is -0.585. The molecule has 9 heavy (non-hydrogen) atoms. The average molecular weight is 129 g/mol. The van der Waals surface area contributed by atoms with E-state index in [0.717, 1.165) is 19.3 Å². The highest BCUT2D eigenvalue weighted by Gasteiger charge is 2.30. The smallest absolute Gasteiger partial charge is 0.0769 e. The number of aliphatic hydroxyl groups is 1. The van der Waals surface area contributed by atoms with Gasteiger partial charge in [-0.05, 0) is 19.8 Å². The first-order valence-electron chi connectivity index (χ1n) is 3.61. The van der Waals surface area contributed by atoms with Crippen molar-refractivity contribution in [3.05, 3.63) is 0 Å². The van der Waals surface area contributed by atoms with Crippen LogP contribution in [0.25, 0.3) is 0 Å². The fourth-order valence-electron chi connectivity index (χ4n) is 1.34. The van der Waals surface area contributed by atoms with Gasteiger partial charge in [0.15, 0.2) is 0 Å². The minimum Gasteiger partial charge on any atom is -0.389 e. The van der Waals surface area contributed by atoms with Crippen LogP contribution < -0.4 is 5.73 Å². The third kappa shape index (κ3) is 1.43. The zero-order valence-corrected chi connectivity index (χ0v) is 5.93. The summed E-state index contributed by atoms with van der Waals surface area (Å²) in [5.41, 5.74) is 5.08. The van der Waals surface area contributed by atoms with Crippen LogP contribution in [0.5, 0.6) is 0 Å². The molecular weight excluding hydrogens is 114 g/mol. The maximum absolute atomic E-state index is 9.52. The molecular formula is C7H15NO. The van der Waals surface area contributed by atoms with Crippen LogP contribution in [0.4, 0.5) is 0 Å². The van der Waals surface area contributed by atoms with Crippen molar-refractivity contribution in [3.8, 4) is 0 Å². The van der Waals surface area contributed by atoms with Crippen molar-refractivity contribution in [1.29, 1.82) is 0 Å². The van der Waals surface area contributed by atoms with E-state index in [1.807, 2.05) is 6.92 Å². The maximum Gasteiger partial charge on any atom is 0.0769 e. The van der Waals surface area contributed by atoms with Gasteiger partial charge in [0.1, 0.15) is 0 Å². The monoisotopic (exact) mass is 129 g/mol. The summed E-state index contributed by atoms with van der Waals surface area (Å²) in [4.78, 5) is 0. The molecule has 1 aliphatic rings. The Morgan fingerprint density at radius 2 is 2.22 bits per heavy atom. The van der Waals surface area contributed by atoms with Gasteiger partial charge in [0.05, 0.1) is 5.60 Å². The Kier molecular flexibility index (Phi) is 1.78. The summed E-state index contributed by atoms with van der Waals surface area (Å²) in [6.45, 7) is 1.83. The highest BCUT2D eigenvalue weighted by Crippen LogP contribution is 2.25. The third-order valence-electron chi connectivity index (χ3n) is 2.25. The number of rotatable bonds is 0. The highest BCUT2D eigenvalue weighted by atomic mass is 16.3. The number of hydrogen-bond acceptors (Lipinski definition) is 2. The standard InChI is InChI=1S/C7H15NO/c1-7(9)5-3-2-4-6(7)8/h6,9H,2-5,8H2,1H3/t6-,7-/m0/s1. The molecule has 0 spiro atoms. The van der Waals surface area contributed by atoms with Crippen LogP contribution >= 0.6 is 0 Å². The second-order valence-electron chi connectivity index (χ2n) is 3.21. The van der Waals surface area contributed by atoms with Gasteiger partial charge in [-0.25, -0.2) is 0 Å². The van der Waals surface area contributed by atoms with Gasteiger partial charge in [-0.1, -0.05) is 12.8 Å². The molecule has 0 amide bonds. The molecule has 0 bridgehead atoms. The lowest BCUT2D eigenvalue weighted by Gasteiger charge is -2.34. The summed E-state index contributed by atoms with van der Waals surface area (Å²) in [6, 6.07) is 0.00579. The van der Waals surface area contributed by atoms with Gasteiger partial charge in [-0.15, -0.1) is 0 Å². The maximum atomic E-state index is 9.52. The molecule has 2 atom stereocenters. The largest absolute Gasteiger partial charge is 0.389 e. The van der Waals surface area contributed by atoms with Crippen molar-refractivity contribution >= 4 is 0 Å². The Morgan fingerprint density at radius 3 is 2.56 bits per heavy atom. The SMILES string of the molecule is C[C@]1(O)CCCC[C@@H]1N. The average Bonchev–Trinajstić information content (AvgIpc) is 1.77. The molecule has 0 saturated heterocycles. The molecule has 2 heteroatoms. The van der Waals surface area contributed by atoms with Gasteiger partial charge >= 0.3 is 0 Å². The minimum absolute atomic E-state index is 0.00579. The number of nitrogens with two attached hydrogens (primary N) is 1. The van der Waals surface area contributed by atoms with Gasteiger partial charge in [0.2, 0.25) is 0 Å². The highest BCUT2D eigenvalue weighted by molar-refractivity contribution is 4.88. The van der Waals surface area contributed by atoms with Crippen molar-refractivity contribution in [2.24, 2.45) is 5.73 Å². The predicted octanol–water partition coefficient (Wildman–Crippen LogP) is 0.639. The van der Waals surface area contributed by atoms with Gasteiger partial charge in [0, 0.05) is 6.04 Å². The van der Waals surface area contributed by atoms with Crippen LogP contribution in [0.2, 0.25) is 0 Å². The Morgan fingerprint density at radius 1 is 1.56 bits per heavy atom. The Hall–Kier alpha value is -0.0800. The summed E-state index contributed by atoms with van der Waals surface area (Å²) < 4.78 is 0. The van der Waals surface area contributed by atoms with Crippen molar-refractivity contribution in [2.45, 2.75) is 44.2 Å². The Balaban J connectivity index is 2.49. The summed E-state index contributed by atoms with van der Waals surface area (Å²) >= 11 is 0. The molecule has 0 aliphatic heterocycles. The third-order valence-corrected chi connectivity index (χ3v) is 2.25. The van der Waals surface area contributed by atoms with E-state index in [-0.39, 0.29) is 6.04 Å². The Bertz CT molecular complexity index is 101. The summed E-state index contributed by atoms with van der Waals surface area (Å²) in [5.74, 6) is 0. The quantitative estimate of drug-likeness (QED) is 0.504. The van der Waals surface area contributed by atoms with Crippen LogP contribution in [0.1, 0.15) is 32.6 Å². The van der Waals surface area contributed by atoms with Crippen molar-refractivity contribution in [1.82, 2.24) is 0 Å². The van der Waals surface area contributed by atoms with E-state index in [2.05, 4.69) is 0 Å². The number of hydrogen-bond donors (Lipinski definition) is 2. The first-order valence-corrected chi connectivity index (χ1v) is 3.61. The molecule has 0 aromatic carbocycles. The van der Waals surface area contributed by atoms with Crippen LogP contribution in [0, 0.1) is 0 Å². The van der Waals surface area contributed by atoms with Gasteiger partial charge in [0.25, 0.3) is 0 Å². The van der Waals surface area contributed by atoms with Crippen LogP contribution in [-0.2, 0) is 0 Å². The van der Waals surface area contributed by atoms with Crippen molar-refractivity contribution in [2.75, 3.05) is 0 Å². The molecule has 0 aromatic rings. The van der Waals surface area contributed by atoms with E-state index < -0.39 is 5.60 Å². The molecule has 54 valence electrons. The molecule has 1 aliphatic carbocycles. The van der Waals surface area contributed by atoms with Gasteiger partial charge < -0.3 is 10.8 Å². The molecule has 0 heterocycles. The van der Waals surface area contributed by atoms with E-state index in [1.165, 1.54) is 6.42 Å². The molecule has 1 saturated carbocycles. The summed E-state index contributed by atoms with van der Waals surface area (Å²) in [7, 11) is 0. The zero-order valence-electron chi connectivity index (χ0n) is 5.93. The normalized spacial score (nSPS) is 45.0. The molecule has 1 fully saturated rings. The molecule has 0 unspecified atom stereocenters. The van der Waals surface area contributed by atoms with E-state index in [0.29, 0.717) is 0 Å². The molecule has 0 radical (unpaired) electrons. The first-order chi connectivity index (χ1) is 4.13. The second kappa shape index (κ2) is 2.27. The lowest BCUT2D eigenvalue weighted by Crippen LogP contribution is -2.47. The van der Waals surface area contributed by atoms with Crippen LogP contribution in [0.15, 0.2) is 0 Å². The van der Waals surface area contributed by atoms with Crippen LogP contribution in [-0.4, -0.2) is 16.7 Å². The first kappa shape index (κ1) is 7.03. The zero-order chi connectivity index (χ0) is 6.91. The van der Waals surface area contributed by atoms with Crippen molar-refractivity contribution in [3.63, 3.8) is 0 Å². The van der Waals surface area contributed by atoms with Crippen LogP contribution in [0.3, 0.4) is 0 Å². The lowest BCUT2D eigenvalue weighted by molar-refractivity contribution is 0.00358. The molecule has 1 rings (SSSR count). The topological polar surface area (TPSA) is 46.2 Å². The van der Waals surface area contributed by atoms with E-state index in [4.69, 9.17) is 5.73 Å². The fraction of sp³-hybridized carbons (Fsp3) is 1.00. The van der Waals surface area contributed by atoms with E-state index >= 15 is 0 Å².